The van der Waals surface area contributed by atoms with Gasteiger partial charge in [-0.15, -0.1) is 0 Å². The Bertz CT molecular complexity index is 2170. The topological polar surface area (TPSA) is 237 Å². The average Bonchev–Trinajstić information content (AvgIpc) is 3.75. The number of ether oxygens (including phenoxy) is 1. The molecule has 3 aromatic rings. The Hall–Kier alpha value is -6.85. The van der Waals surface area contributed by atoms with Crippen LogP contribution in [0, 0.1) is 0 Å². The normalized spacial score (nSPS) is 25.9. The Morgan fingerprint density at radius 2 is 1.56 bits per heavy atom. The minimum absolute atomic E-state index is 0.0250. The van der Waals surface area contributed by atoms with Gasteiger partial charge in [0, 0.05) is 58.3 Å². The van der Waals surface area contributed by atoms with Crippen molar-refractivity contribution in [3.05, 3.63) is 89.7 Å². The molecule has 5 N–H and O–H groups in total. The summed E-state index contributed by atoms with van der Waals surface area (Å²) in [5.41, 5.74) is 1.34. The van der Waals surface area contributed by atoms with Crippen LogP contribution in [0.5, 0.6) is 5.75 Å². The van der Waals surface area contributed by atoms with Crippen molar-refractivity contribution in [1.29, 1.82) is 0 Å². The lowest BCUT2D eigenvalue weighted by Gasteiger charge is -2.40. The molecule has 3 saturated heterocycles. The molecule has 2 aromatic carbocycles. The van der Waals surface area contributed by atoms with Crippen LogP contribution in [0.25, 0.3) is 0 Å². The van der Waals surface area contributed by atoms with Crippen LogP contribution in [0.4, 0.5) is 5.69 Å². The number of carbonyl (C=O) groups is 8. The molecule has 0 radical (unpaired) electrons. The number of Topliss-reactive ketones (excluding diaryl/α,β-unsaturated/α-hetero) is 1. The van der Waals surface area contributed by atoms with Crippen LogP contribution < -0.4 is 21.3 Å². The number of esters is 1. The highest BCUT2D eigenvalue weighted by Crippen LogP contribution is 2.26. The lowest BCUT2D eigenvalue weighted by molar-refractivity contribution is -0.156. The van der Waals surface area contributed by atoms with Crippen molar-refractivity contribution in [3.63, 3.8) is 0 Å². The molecule has 4 heterocycles. The molecule has 3 aliphatic rings. The highest BCUT2D eigenvalue weighted by molar-refractivity contribution is 6.01. The van der Waals surface area contributed by atoms with Gasteiger partial charge in [-0.05, 0) is 62.1 Å². The Labute approximate surface area is 352 Å². The fraction of sp³-hybridized carbons (Fsp3) is 0.419. The number of cyclic esters (lactones) is 1. The highest BCUT2D eigenvalue weighted by Gasteiger charge is 2.45. The van der Waals surface area contributed by atoms with E-state index in [0.29, 0.717) is 12.0 Å². The number of fused-ring (bicyclic) bond motifs is 2. The van der Waals surface area contributed by atoms with Crippen LogP contribution in [0.1, 0.15) is 67.2 Å². The molecule has 0 saturated carbocycles. The number of ketones is 1. The van der Waals surface area contributed by atoms with Crippen LogP contribution in [0.15, 0.2) is 72.9 Å². The number of likely N-dealkylation sites (N-methyl/N-ethyl adjacent to an activating group) is 1. The average molecular weight is 839 g/mol. The van der Waals surface area contributed by atoms with Gasteiger partial charge in [0.2, 0.25) is 29.5 Å². The Kier molecular flexibility index (Phi) is 13.6. The molecular formula is C43H50N8O10. The summed E-state index contributed by atoms with van der Waals surface area (Å²) in [4.78, 5) is 120. The molecule has 6 amide bonds. The van der Waals surface area contributed by atoms with Gasteiger partial charge >= 0.3 is 5.97 Å². The first-order chi connectivity index (χ1) is 29.2. The molecule has 0 spiro atoms. The number of carbonyl (C=O) groups excluding carboxylic acids is 8. The molecule has 3 aliphatic heterocycles. The first kappa shape index (κ1) is 43.7. The maximum absolute atomic E-state index is 14.9. The second kappa shape index (κ2) is 19.0. The van der Waals surface area contributed by atoms with E-state index < -0.39 is 95.2 Å². The van der Waals surface area contributed by atoms with Crippen LogP contribution in [0.3, 0.4) is 0 Å². The number of benzene rings is 2. The number of nitrogens with zero attached hydrogens (tertiary/aromatic N) is 4. The SMILES string of the molecule is CNc1ccc(CC2C(=O)N3CCC(=O)CC3C(=O)NC(c3ccccc3)C(=O)OC(C)C(NC(=O)c3ncccc3O)C(=O)NC(C)C(=O)N3CCCC3C(=O)N2C)cc1. The van der Waals surface area contributed by atoms with Gasteiger partial charge in [0.15, 0.2) is 11.7 Å². The van der Waals surface area contributed by atoms with E-state index in [9.17, 15) is 43.5 Å². The highest BCUT2D eigenvalue weighted by atomic mass is 16.5. The Balaban J connectivity index is 1.42. The third-order valence-corrected chi connectivity index (χ3v) is 11.3. The second-order valence-corrected chi connectivity index (χ2v) is 15.4. The zero-order chi connectivity index (χ0) is 44.0. The first-order valence-corrected chi connectivity index (χ1v) is 20.2. The molecule has 0 aliphatic carbocycles. The molecule has 1 aromatic heterocycles. The molecule has 18 nitrogen and oxygen atoms in total. The van der Waals surface area contributed by atoms with E-state index in [1.807, 2.05) is 12.1 Å². The predicted octanol–water partition coefficient (Wildman–Crippen LogP) is 0.856. The number of anilines is 1. The number of amides is 6. The minimum Gasteiger partial charge on any atom is -0.505 e. The van der Waals surface area contributed by atoms with Crippen LogP contribution >= 0.6 is 0 Å². The van der Waals surface area contributed by atoms with Gasteiger partial charge in [0.05, 0.1) is 0 Å². The standard InChI is InChI=1S/C43H50N8O10/c1-24-40(57)50-20-9-12-30(50)41(58)49(4)32(22-26-14-16-28(44-3)17-15-26)42(59)51-21-18-29(52)23-31(51)37(54)48-35(27-10-6-5-7-11-27)43(60)61-25(2)34(38(55)46-24)47-39(56)36-33(53)13-8-19-45-36/h5-8,10-11,13-17,19,24-25,30-32,34-35,44,53H,9,12,18,20-23H2,1-4H3,(H,46,55)(H,47,56)(H,48,54). The van der Waals surface area contributed by atoms with E-state index in [1.54, 1.807) is 49.5 Å². The van der Waals surface area contributed by atoms with Gasteiger partial charge in [-0.25, -0.2) is 9.78 Å². The van der Waals surface area contributed by atoms with E-state index in [1.165, 1.54) is 53.9 Å². The van der Waals surface area contributed by atoms with Gasteiger partial charge < -0.3 is 45.8 Å². The van der Waals surface area contributed by atoms with E-state index in [0.717, 1.165) is 5.69 Å². The number of nitrogens with one attached hydrogen (secondary N) is 4. The Morgan fingerprint density at radius 1 is 0.852 bits per heavy atom. The molecule has 61 heavy (non-hydrogen) atoms. The van der Waals surface area contributed by atoms with E-state index >= 15 is 0 Å². The quantitative estimate of drug-likeness (QED) is 0.218. The zero-order valence-corrected chi connectivity index (χ0v) is 34.3. The summed E-state index contributed by atoms with van der Waals surface area (Å²) in [6, 6.07) is 9.79. The molecule has 0 bridgehead atoms. The summed E-state index contributed by atoms with van der Waals surface area (Å²) in [5.74, 6) is -6.42. The molecule has 7 unspecified atom stereocenters. The minimum atomic E-state index is -1.68. The van der Waals surface area contributed by atoms with Gasteiger partial charge in [-0.1, -0.05) is 42.5 Å². The summed E-state index contributed by atoms with van der Waals surface area (Å²) in [6.07, 6.45) is 0.0883. The van der Waals surface area contributed by atoms with Crippen LogP contribution in [-0.2, 0) is 44.7 Å². The van der Waals surface area contributed by atoms with E-state index in [2.05, 4.69) is 26.3 Å². The van der Waals surface area contributed by atoms with Crippen molar-refractivity contribution in [1.82, 2.24) is 35.6 Å². The molecule has 322 valence electrons. The number of piperidine rings is 1. The number of aromatic nitrogens is 1. The number of pyridine rings is 1. The largest absolute Gasteiger partial charge is 0.505 e. The van der Waals surface area contributed by atoms with Crippen molar-refractivity contribution in [3.8, 4) is 5.75 Å². The third kappa shape index (κ3) is 9.80. The number of hydrogen-bond donors (Lipinski definition) is 5. The molecule has 7 atom stereocenters. The van der Waals surface area contributed by atoms with Crippen molar-refractivity contribution < 1.29 is 48.2 Å². The van der Waals surface area contributed by atoms with Crippen LogP contribution in [0.2, 0.25) is 0 Å². The van der Waals surface area contributed by atoms with Gasteiger partial charge in [0.25, 0.3) is 5.91 Å². The van der Waals surface area contributed by atoms with Gasteiger partial charge in [-0.2, -0.15) is 0 Å². The maximum atomic E-state index is 14.9. The van der Waals surface area contributed by atoms with Gasteiger partial charge in [0.1, 0.15) is 47.8 Å². The molecule has 18 heteroatoms. The molecule has 3 fully saturated rings. The third-order valence-electron chi connectivity index (χ3n) is 11.3. The van der Waals surface area contributed by atoms with Crippen LogP contribution in [-0.4, -0.2) is 135 Å². The predicted molar refractivity (Wildman–Crippen MR) is 218 cm³/mol. The van der Waals surface area contributed by atoms with Crippen molar-refractivity contribution >= 4 is 52.9 Å². The maximum Gasteiger partial charge on any atom is 0.333 e. The summed E-state index contributed by atoms with van der Waals surface area (Å²) in [5, 5.41) is 21.1. The van der Waals surface area contributed by atoms with E-state index in [-0.39, 0.29) is 50.1 Å². The van der Waals surface area contributed by atoms with Crippen molar-refractivity contribution in [2.24, 2.45) is 0 Å². The summed E-state index contributed by atoms with van der Waals surface area (Å²) in [7, 11) is 3.22. The van der Waals surface area contributed by atoms with E-state index in [4.69, 9.17) is 4.74 Å². The number of hydrogen-bond acceptors (Lipinski definition) is 12. The fourth-order valence-electron chi connectivity index (χ4n) is 7.89. The Morgan fingerprint density at radius 3 is 2.25 bits per heavy atom. The number of aromatic hydroxyl groups is 1. The molecular weight excluding hydrogens is 789 g/mol. The first-order valence-electron chi connectivity index (χ1n) is 20.2. The lowest BCUT2D eigenvalue weighted by Crippen LogP contribution is -2.61. The second-order valence-electron chi connectivity index (χ2n) is 15.4. The lowest BCUT2D eigenvalue weighted by atomic mass is 9.95. The molecule has 6 rings (SSSR count). The fourth-order valence-corrected chi connectivity index (χ4v) is 7.89. The smallest absolute Gasteiger partial charge is 0.333 e. The summed E-state index contributed by atoms with van der Waals surface area (Å²) >= 11 is 0. The summed E-state index contributed by atoms with van der Waals surface area (Å²) < 4.78 is 5.81. The van der Waals surface area contributed by atoms with Gasteiger partial charge in [-0.3, -0.25) is 33.6 Å². The number of rotatable bonds is 6. The van der Waals surface area contributed by atoms with Crippen molar-refractivity contribution in [2.75, 3.05) is 32.5 Å². The summed E-state index contributed by atoms with van der Waals surface area (Å²) in [6.45, 7) is 2.75. The monoisotopic (exact) mass is 838 g/mol. The van der Waals surface area contributed by atoms with Crippen molar-refractivity contribution in [2.45, 2.75) is 88.3 Å². The zero-order valence-electron chi connectivity index (χ0n) is 34.3.